The summed E-state index contributed by atoms with van der Waals surface area (Å²) in [6.07, 6.45) is 1.06. The number of hydrogen-bond acceptors (Lipinski definition) is 3. The van der Waals surface area contributed by atoms with Gasteiger partial charge in [0.25, 0.3) is 0 Å². The Bertz CT molecular complexity index is 547. The minimum atomic E-state index is -0.399. The van der Waals surface area contributed by atoms with E-state index in [9.17, 15) is 9.59 Å². The molecule has 0 aliphatic carbocycles. The Labute approximate surface area is 145 Å². The predicted octanol–water partition coefficient (Wildman–Crippen LogP) is 3.16. The molecular formula is C19H30N2O3. The lowest BCUT2D eigenvalue weighted by atomic mass is 9.96. The number of nitrogens with zero attached hydrogens (tertiary/aromatic N) is 1. The Morgan fingerprint density at radius 1 is 1.21 bits per heavy atom. The molecule has 1 aromatic carbocycles. The van der Waals surface area contributed by atoms with Gasteiger partial charge in [-0.15, -0.1) is 0 Å². The Hall–Kier alpha value is -2.04. The smallest absolute Gasteiger partial charge is 0.225 e. The molecule has 24 heavy (non-hydrogen) atoms. The van der Waals surface area contributed by atoms with Gasteiger partial charge in [0.15, 0.2) is 0 Å². The van der Waals surface area contributed by atoms with E-state index >= 15 is 0 Å². The molecule has 2 amide bonds. The van der Waals surface area contributed by atoms with Gasteiger partial charge in [0, 0.05) is 25.4 Å². The molecule has 0 aliphatic rings. The molecule has 0 heterocycles. The van der Waals surface area contributed by atoms with Crippen LogP contribution >= 0.6 is 0 Å². The molecule has 0 aliphatic heterocycles. The van der Waals surface area contributed by atoms with Crippen molar-refractivity contribution in [3.63, 3.8) is 0 Å². The normalized spacial score (nSPS) is 12.4. The van der Waals surface area contributed by atoms with Crippen LogP contribution in [0.15, 0.2) is 24.3 Å². The van der Waals surface area contributed by atoms with E-state index in [1.165, 1.54) is 0 Å². The second kappa shape index (κ2) is 8.71. The number of methoxy groups -OCH3 is 1. The van der Waals surface area contributed by atoms with Gasteiger partial charge in [-0.1, -0.05) is 32.9 Å². The van der Waals surface area contributed by atoms with Crippen LogP contribution in [-0.4, -0.2) is 37.4 Å². The zero-order valence-electron chi connectivity index (χ0n) is 15.7. The third-order valence-electron chi connectivity index (χ3n) is 4.11. The molecule has 134 valence electrons. The van der Waals surface area contributed by atoms with E-state index in [1.807, 2.05) is 59.0 Å². The maximum atomic E-state index is 12.3. The zero-order chi connectivity index (χ0) is 18.3. The molecule has 0 saturated carbocycles. The summed E-state index contributed by atoms with van der Waals surface area (Å²) in [4.78, 5) is 25.8. The first-order chi connectivity index (χ1) is 11.2. The molecule has 0 bridgehead atoms. The number of carbonyl (C=O) groups is 2. The lowest BCUT2D eigenvalue weighted by molar-refractivity contribution is -0.132. The number of amides is 2. The van der Waals surface area contributed by atoms with Crippen molar-refractivity contribution in [2.75, 3.05) is 20.7 Å². The Balaban J connectivity index is 2.44. The molecular weight excluding hydrogens is 304 g/mol. The van der Waals surface area contributed by atoms with Crippen LogP contribution in [-0.2, 0) is 9.59 Å². The number of carbonyl (C=O) groups excluding carboxylic acids is 2. The molecule has 0 spiro atoms. The summed E-state index contributed by atoms with van der Waals surface area (Å²) in [6.45, 7) is 8.14. The van der Waals surface area contributed by atoms with E-state index in [2.05, 4.69) is 5.32 Å². The van der Waals surface area contributed by atoms with Gasteiger partial charge in [-0.2, -0.15) is 0 Å². The first-order valence-corrected chi connectivity index (χ1v) is 8.34. The maximum Gasteiger partial charge on any atom is 0.225 e. The van der Waals surface area contributed by atoms with Crippen molar-refractivity contribution in [3.8, 4) is 5.75 Å². The highest BCUT2D eigenvalue weighted by atomic mass is 16.5. The monoisotopic (exact) mass is 334 g/mol. The topological polar surface area (TPSA) is 58.6 Å². The van der Waals surface area contributed by atoms with Crippen LogP contribution in [0.5, 0.6) is 5.75 Å². The quantitative estimate of drug-likeness (QED) is 0.779. The van der Waals surface area contributed by atoms with E-state index in [4.69, 9.17) is 4.74 Å². The number of hydrogen-bond donors (Lipinski definition) is 1. The largest absolute Gasteiger partial charge is 0.497 e. The molecule has 0 saturated heterocycles. The maximum absolute atomic E-state index is 12.3. The second-order valence-corrected chi connectivity index (χ2v) is 7.06. The van der Waals surface area contributed by atoms with Crippen LogP contribution in [0.25, 0.3) is 0 Å². The molecule has 0 radical (unpaired) electrons. The van der Waals surface area contributed by atoms with Crippen molar-refractivity contribution in [3.05, 3.63) is 29.8 Å². The molecule has 1 rings (SSSR count). The van der Waals surface area contributed by atoms with E-state index in [0.717, 1.165) is 11.3 Å². The van der Waals surface area contributed by atoms with Crippen LogP contribution in [0, 0.1) is 5.41 Å². The summed E-state index contributed by atoms with van der Waals surface area (Å²) >= 11 is 0. The third kappa shape index (κ3) is 5.87. The lowest BCUT2D eigenvalue weighted by Gasteiger charge is -2.25. The minimum absolute atomic E-state index is 0.00688. The summed E-state index contributed by atoms with van der Waals surface area (Å²) in [5.74, 6) is 0.882. The van der Waals surface area contributed by atoms with Crippen LogP contribution in [0.2, 0.25) is 0 Å². The van der Waals surface area contributed by atoms with Crippen LogP contribution in [0.3, 0.4) is 0 Å². The van der Waals surface area contributed by atoms with Crippen molar-refractivity contribution in [1.29, 1.82) is 0 Å². The van der Waals surface area contributed by atoms with Gasteiger partial charge in [-0.3, -0.25) is 9.59 Å². The summed E-state index contributed by atoms with van der Waals surface area (Å²) < 4.78 is 5.15. The van der Waals surface area contributed by atoms with Crippen molar-refractivity contribution in [1.82, 2.24) is 10.2 Å². The molecule has 0 fully saturated rings. The number of benzene rings is 1. The molecule has 5 heteroatoms. The van der Waals surface area contributed by atoms with Gasteiger partial charge in [0.2, 0.25) is 11.8 Å². The Morgan fingerprint density at radius 3 is 2.29 bits per heavy atom. The molecule has 1 unspecified atom stereocenters. The number of ether oxygens (including phenoxy) is 1. The SMILES string of the molecule is COc1ccc(C(C)N(C)C(=O)CCCNC(=O)C(C)(C)C)cc1. The highest BCUT2D eigenvalue weighted by molar-refractivity contribution is 5.81. The second-order valence-electron chi connectivity index (χ2n) is 7.06. The van der Waals surface area contributed by atoms with E-state index in [0.29, 0.717) is 19.4 Å². The first kappa shape index (κ1) is 20.0. The minimum Gasteiger partial charge on any atom is -0.497 e. The molecule has 1 atom stereocenters. The fourth-order valence-electron chi connectivity index (χ4n) is 2.21. The molecule has 1 N–H and O–H groups in total. The molecule has 1 aromatic rings. The van der Waals surface area contributed by atoms with Gasteiger partial charge in [-0.05, 0) is 31.0 Å². The average molecular weight is 334 g/mol. The van der Waals surface area contributed by atoms with Crippen LogP contribution in [0.4, 0.5) is 0 Å². The Kier molecular flexibility index (Phi) is 7.26. The van der Waals surface area contributed by atoms with E-state index < -0.39 is 5.41 Å². The summed E-state index contributed by atoms with van der Waals surface area (Å²) in [5, 5.41) is 2.87. The fraction of sp³-hybridized carbons (Fsp3) is 0.579. The molecule has 0 aromatic heterocycles. The third-order valence-corrected chi connectivity index (χ3v) is 4.11. The van der Waals surface area contributed by atoms with Crippen molar-refractivity contribution in [2.45, 2.75) is 46.6 Å². The van der Waals surface area contributed by atoms with Crippen molar-refractivity contribution >= 4 is 11.8 Å². The van der Waals surface area contributed by atoms with Gasteiger partial charge in [0.05, 0.1) is 13.2 Å². The summed E-state index contributed by atoms with van der Waals surface area (Å²) in [6, 6.07) is 7.72. The van der Waals surface area contributed by atoms with Crippen molar-refractivity contribution in [2.24, 2.45) is 5.41 Å². The fourth-order valence-corrected chi connectivity index (χ4v) is 2.21. The van der Waals surface area contributed by atoms with Gasteiger partial charge in [-0.25, -0.2) is 0 Å². The lowest BCUT2D eigenvalue weighted by Crippen LogP contribution is -2.36. The van der Waals surface area contributed by atoms with Gasteiger partial charge in [0.1, 0.15) is 5.75 Å². The predicted molar refractivity (Wildman–Crippen MR) is 95.9 cm³/mol. The molecule has 5 nitrogen and oxygen atoms in total. The van der Waals surface area contributed by atoms with Crippen LogP contribution < -0.4 is 10.1 Å². The average Bonchev–Trinajstić information content (AvgIpc) is 2.56. The summed E-state index contributed by atoms with van der Waals surface area (Å²) in [7, 11) is 3.44. The van der Waals surface area contributed by atoms with E-state index in [1.54, 1.807) is 12.0 Å². The number of nitrogens with one attached hydrogen (secondary N) is 1. The van der Waals surface area contributed by atoms with Crippen molar-refractivity contribution < 1.29 is 14.3 Å². The van der Waals surface area contributed by atoms with Gasteiger partial charge >= 0.3 is 0 Å². The highest BCUT2D eigenvalue weighted by Gasteiger charge is 2.21. The Morgan fingerprint density at radius 2 is 1.79 bits per heavy atom. The first-order valence-electron chi connectivity index (χ1n) is 8.34. The van der Waals surface area contributed by atoms with E-state index in [-0.39, 0.29) is 17.9 Å². The highest BCUT2D eigenvalue weighted by Crippen LogP contribution is 2.22. The zero-order valence-corrected chi connectivity index (χ0v) is 15.7. The summed E-state index contributed by atoms with van der Waals surface area (Å²) in [5.41, 5.74) is 0.664. The van der Waals surface area contributed by atoms with Crippen LogP contribution in [0.1, 0.15) is 52.1 Å². The number of rotatable bonds is 7. The van der Waals surface area contributed by atoms with Gasteiger partial charge < -0.3 is 15.0 Å². The standard InChI is InChI=1S/C19H30N2O3/c1-14(15-9-11-16(24-6)12-10-15)21(5)17(22)8-7-13-20-18(23)19(2,3)4/h9-12,14H,7-8,13H2,1-6H3,(H,20,23).